The molecule has 2 aliphatic rings. The molecule has 5 heteroatoms. The predicted octanol–water partition coefficient (Wildman–Crippen LogP) is 2.11. The Kier molecular flexibility index (Phi) is 3.61. The fourth-order valence-electron chi connectivity index (χ4n) is 3.04. The number of hydrogen-bond donors (Lipinski definition) is 2. The number of nitrogens with one attached hydrogen (secondary N) is 1. The van der Waals surface area contributed by atoms with Crippen LogP contribution in [0.25, 0.3) is 0 Å². The molecule has 1 aromatic heterocycles. The summed E-state index contributed by atoms with van der Waals surface area (Å²) in [6.45, 7) is 3.57. The Balaban J connectivity index is 1.79. The number of nitrogens with zero attached hydrogens (tertiary/aromatic N) is 1. The van der Waals surface area contributed by atoms with E-state index in [-0.39, 0.29) is 11.7 Å². The summed E-state index contributed by atoms with van der Waals surface area (Å²) >= 11 is 0. The lowest BCUT2D eigenvalue weighted by Gasteiger charge is -2.17. The molecule has 0 aromatic carbocycles. The van der Waals surface area contributed by atoms with Crippen molar-refractivity contribution >= 4 is 11.8 Å². The van der Waals surface area contributed by atoms with E-state index in [0.29, 0.717) is 18.3 Å². The maximum Gasteiger partial charge on any atom is 0.339 e. The fraction of sp³-hybridized carbons (Fsp3) is 0.600. The summed E-state index contributed by atoms with van der Waals surface area (Å²) in [5, 5.41) is 12.6. The minimum atomic E-state index is -0.912. The maximum absolute atomic E-state index is 11.4. The zero-order chi connectivity index (χ0) is 14.1. The SMILES string of the molecule is CC1OCCC1CNc1nc2c(cc1C(=O)O)CCC2. The molecule has 20 heavy (non-hydrogen) atoms. The van der Waals surface area contributed by atoms with Gasteiger partial charge in [-0.25, -0.2) is 9.78 Å². The van der Waals surface area contributed by atoms with E-state index in [4.69, 9.17) is 4.74 Å². The lowest BCUT2D eigenvalue weighted by Crippen LogP contribution is -2.22. The zero-order valence-electron chi connectivity index (χ0n) is 11.7. The monoisotopic (exact) mass is 276 g/mol. The number of fused-ring (bicyclic) bond motifs is 1. The van der Waals surface area contributed by atoms with Gasteiger partial charge in [-0.3, -0.25) is 0 Å². The molecule has 1 fully saturated rings. The van der Waals surface area contributed by atoms with Crippen LogP contribution in [0.3, 0.4) is 0 Å². The van der Waals surface area contributed by atoms with Crippen LogP contribution < -0.4 is 5.32 Å². The van der Waals surface area contributed by atoms with E-state index in [1.54, 1.807) is 6.07 Å². The highest BCUT2D eigenvalue weighted by Gasteiger charge is 2.25. The number of ether oxygens (including phenoxy) is 1. The first-order chi connectivity index (χ1) is 9.65. The normalized spacial score (nSPS) is 24.6. The molecule has 1 aromatic rings. The third-order valence-electron chi connectivity index (χ3n) is 4.35. The summed E-state index contributed by atoms with van der Waals surface area (Å²) < 4.78 is 5.53. The van der Waals surface area contributed by atoms with Crippen LogP contribution in [-0.4, -0.2) is 35.3 Å². The van der Waals surface area contributed by atoms with Crippen molar-refractivity contribution in [1.29, 1.82) is 0 Å². The highest BCUT2D eigenvalue weighted by Crippen LogP contribution is 2.26. The van der Waals surface area contributed by atoms with Crippen molar-refractivity contribution in [2.75, 3.05) is 18.5 Å². The highest BCUT2D eigenvalue weighted by molar-refractivity contribution is 5.93. The predicted molar refractivity (Wildman–Crippen MR) is 75.2 cm³/mol. The van der Waals surface area contributed by atoms with Crippen molar-refractivity contribution in [3.05, 3.63) is 22.9 Å². The van der Waals surface area contributed by atoms with Crippen LogP contribution in [0.2, 0.25) is 0 Å². The number of pyridine rings is 1. The molecule has 108 valence electrons. The first-order valence-corrected chi connectivity index (χ1v) is 7.26. The van der Waals surface area contributed by atoms with E-state index in [9.17, 15) is 9.90 Å². The molecule has 5 nitrogen and oxygen atoms in total. The smallest absolute Gasteiger partial charge is 0.339 e. The van der Waals surface area contributed by atoms with E-state index in [2.05, 4.69) is 17.2 Å². The second kappa shape index (κ2) is 5.40. The molecule has 0 radical (unpaired) electrons. The number of aromatic carboxylic acids is 1. The van der Waals surface area contributed by atoms with Crippen LogP contribution in [0.4, 0.5) is 5.82 Å². The molecule has 1 saturated heterocycles. The largest absolute Gasteiger partial charge is 0.478 e. The Morgan fingerprint density at radius 3 is 3.10 bits per heavy atom. The molecule has 2 heterocycles. The van der Waals surface area contributed by atoms with Crippen molar-refractivity contribution in [3.63, 3.8) is 0 Å². The van der Waals surface area contributed by atoms with E-state index in [1.807, 2.05) is 0 Å². The van der Waals surface area contributed by atoms with Gasteiger partial charge in [-0.05, 0) is 44.2 Å². The average Bonchev–Trinajstić information content (AvgIpc) is 3.03. The molecule has 2 atom stereocenters. The number of carbonyl (C=O) groups is 1. The number of aryl methyl sites for hydroxylation is 2. The first kappa shape index (κ1) is 13.4. The summed E-state index contributed by atoms with van der Waals surface area (Å²) in [6, 6.07) is 1.79. The number of rotatable bonds is 4. The van der Waals surface area contributed by atoms with E-state index >= 15 is 0 Å². The van der Waals surface area contributed by atoms with E-state index in [0.717, 1.165) is 43.5 Å². The second-order valence-electron chi connectivity index (χ2n) is 5.65. The van der Waals surface area contributed by atoms with Crippen molar-refractivity contribution in [1.82, 2.24) is 4.98 Å². The Labute approximate surface area is 118 Å². The molecule has 0 bridgehead atoms. The van der Waals surface area contributed by atoms with Gasteiger partial charge in [-0.1, -0.05) is 0 Å². The van der Waals surface area contributed by atoms with Crippen LogP contribution >= 0.6 is 0 Å². The van der Waals surface area contributed by atoms with Gasteiger partial charge in [-0.2, -0.15) is 0 Å². The molecule has 2 unspecified atom stereocenters. The minimum Gasteiger partial charge on any atom is -0.478 e. The van der Waals surface area contributed by atoms with E-state index < -0.39 is 5.97 Å². The zero-order valence-corrected chi connectivity index (χ0v) is 11.7. The van der Waals surface area contributed by atoms with Gasteiger partial charge in [0.15, 0.2) is 0 Å². The van der Waals surface area contributed by atoms with Gasteiger partial charge in [0.05, 0.1) is 6.10 Å². The van der Waals surface area contributed by atoms with Crippen molar-refractivity contribution in [2.24, 2.45) is 5.92 Å². The fourth-order valence-corrected chi connectivity index (χ4v) is 3.04. The van der Waals surface area contributed by atoms with Crippen LogP contribution in [0.15, 0.2) is 6.07 Å². The average molecular weight is 276 g/mol. The van der Waals surface area contributed by atoms with Gasteiger partial charge in [0.25, 0.3) is 0 Å². The number of aromatic nitrogens is 1. The van der Waals surface area contributed by atoms with Crippen LogP contribution in [-0.2, 0) is 17.6 Å². The number of carboxylic acids is 1. The summed E-state index contributed by atoms with van der Waals surface area (Å²) in [5.74, 6) is 0.0226. The topological polar surface area (TPSA) is 71.5 Å². The Morgan fingerprint density at radius 2 is 2.40 bits per heavy atom. The number of carboxylic acid groups (broad SMARTS) is 1. The highest BCUT2D eigenvalue weighted by atomic mass is 16.5. The summed E-state index contributed by atoms with van der Waals surface area (Å²) in [4.78, 5) is 15.9. The van der Waals surface area contributed by atoms with Crippen molar-refractivity contribution in [3.8, 4) is 0 Å². The first-order valence-electron chi connectivity index (χ1n) is 7.26. The van der Waals surface area contributed by atoms with Gasteiger partial charge in [-0.15, -0.1) is 0 Å². The van der Waals surface area contributed by atoms with Gasteiger partial charge in [0, 0.05) is 24.8 Å². The summed E-state index contributed by atoms with van der Waals surface area (Å²) in [7, 11) is 0. The lowest BCUT2D eigenvalue weighted by atomic mass is 10.0. The standard InChI is InChI=1S/C15H20N2O3/c1-9-11(5-6-20-9)8-16-14-12(15(18)19)7-10-3-2-4-13(10)17-14/h7,9,11H,2-6,8H2,1H3,(H,16,17)(H,18,19). The van der Waals surface area contributed by atoms with Crippen LogP contribution in [0, 0.1) is 5.92 Å². The van der Waals surface area contributed by atoms with Gasteiger partial charge in [0.1, 0.15) is 11.4 Å². The van der Waals surface area contributed by atoms with Gasteiger partial charge < -0.3 is 15.2 Å². The molecular weight excluding hydrogens is 256 g/mol. The second-order valence-corrected chi connectivity index (χ2v) is 5.65. The third kappa shape index (κ3) is 2.50. The van der Waals surface area contributed by atoms with Gasteiger partial charge >= 0.3 is 5.97 Å². The Bertz CT molecular complexity index is 530. The quantitative estimate of drug-likeness (QED) is 0.881. The number of anilines is 1. The van der Waals surface area contributed by atoms with Crippen LogP contribution in [0.1, 0.15) is 41.4 Å². The molecule has 1 aliphatic carbocycles. The Hall–Kier alpha value is -1.62. The molecular formula is C15H20N2O3. The molecule has 0 spiro atoms. The minimum absolute atomic E-state index is 0.227. The molecule has 3 rings (SSSR count). The van der Waals surface area contributed by atoms with Crippen molar-refractivity contribution in [2.45, 2.75) is 38.7 Å². The molecule has 1 aliphatic heterocycles. The maximum atomic E-state index is 11.4. The number of hydrogen-bond acceptors (Lipinski definition) is 4. The third-order valence-corrected chi connectivity index (χ3v) is 4.35. The summed E-state index contributed by atoms with van der Waals surface area (Å²) in [6.07, 6.45) is 4.20. The Morgan fingerprint density at radius 1 is 1.55 bits per heavy atom. The van der Waals surface area contributed by atoms with E-state index in [1.165, 1.54) is 0 Å². The molecule has 0 saturated carbocycles. The molecule has 2 N–H and O–H groups in total. The van der Waals surface area contributed by atoms with Crippen LogP contribution in [0.5, 0.6) is 0 Å². The lowest BCUT2D eigenvalue weighted by molar-refractivity contribution is 0.0697. The molecule has 0 amide bonds. The summed E-state index contributed by atoms with van der Waals surface area (Å²) in [5.41, 5.74) is 2.43. The van der Waals surface area contributed by atoms with Crippen molar-refractivity contribution < 1.29 is 14.6 Å². The van der Waals surface area contributed by atoms with Gasteiger partial charge in [0.2, 0.25) is 0 Å².